The van der Waals surface area contributed by atoms with Gasteiger partial charge in [0.15, 0.2) is 0 Å². The second-order valence-corrected chi connectivity index (χ2v) is 7.86. The maximum atomic E-state index is 13.6. The molecule has 1 unspecified atom stereocenters. The standard InChI is InChI=1S/C25H18N4O6/c1-35-24(32)25-20(22(30)23(31)28(25)16-7-3-2-4-8-16)21(15-11-13-17(14-12-15)29(33)34)26-18-9-5-6-10-19(18)27-25/h2-14,26-27H,1H3. The molecule has 0 bridgehead atoms. The van der Waals surface area contributed by atoms with Crippen molar-refractivity contribution in [3.05, 3.63) is 100 Å². The van der Waals surface area contributed by atoms with Crippen molar-refractivity contribution in [1.82, 2.24) is 0 Å². The number of Topliss-reactive ketones (excluding diaryl/α,β-unsaturated/α-hetero) is 1. The summed E-state index contributed by atoms with van der Waals surface area (Å²) in [4.78, 5) is 52.2. The van der Waals surface area contributed by atoms with Gasteiger partial charge >= 0.3 is 11.9 Å². The first-order chi connectivity index (χ1) is 16.9. The molecule has 3 aromatic rings. The Labute approximate surface area is 199 Å². The number of nitrogens with one attached hydrogen (secondary N) is 2. The molecule has 2 heterocycles. The molecule has 0 spiro atoms. The van der Waals surface area contributed by atoms with Crippen molar-refractivity contribution in [2.75, 3.05) is 22.6 Å². The van der Waals surface area contributed by atoms with Gasteiger partial charge in [-0.2, -0.15) is 0 Å². The Bertz CT molecular complexity index is 1420. The van der Waals surface area contributed by atoms with Gasteiger partial charge in [0.25, 0.3) is 17.1 Å². The lowest BCUT2D eigenvalue weighted by Gasteiger charge is -2.36. The minimum atomic E-state index is -2.04. The molecule has 0 aliphatic carbocycles. The molecule has 3 aromatic carbocycles. The lowest BCUT2D eigenvalue weighted by Crippen LogP contribution is -2.59. The van der Waals surface area contributed by atoms with Crippen LogP contribution in [-0.2, 0) is 19.1 Å². The number of carbonyl (C=O) groups excluding carboxylic acids is 3. The van der Waals surface area contributed by atoms with Gasteiger partial charge < -0.3 is 15.4 Å². The summed E-state index contributed by atoms with van der Waals surface area (Å²) in [5.74, 6) is -2.72. The quantitative estimate of drug-likeness (QED) is 0.257. The number of para-hydroxylation sites is 3. The molecule has 0 radical (unpaired) electrons. The Kier molecular flexibility index (Phi) is 5.05. The van der Waals surface area contributed by atoms with E-state index in [1.165, 1.54) is 31.4 Å². The average Bonchev–Trinajstić information content (AvgIpc) is 3.00. The molecule has 1 fully saturated rings. The number of amides is 1. The number of nitro benzene ring substituents is 1. The highest BCUT2D eigenvalue weighted by molar-refractivity contribution is 6.55. The van der Waals surface area contributed by atoms with E-state index in [2.05, 4.69) is 10.6 Å². The van der Waals surface area contributed by atoms with Gasteiger partial charge in [-0.3, -0.25) is 24.6 Å². The van der Waals surface area contributed by atoms with Gasteiger partial charge in [0.1, 0.15) is 0 Å². The summed E-state index contributed by atoms with van der Waals surface area (Å²) in [5.41, 5.74) is -0.570. The number of nitro groups is 1. The Morgan fingerprint density at radius 3 is 2.20 bits per heavy atom. The molecule has 174 valence electrons. The molecule has 2 aliphatic heterocycles. The largest absolute Gasteiger partial charge is 0.466 e. The monoisotopic (exact) mass is 470 g/mol. The summed E-state index contributed by atoms with van der Waals surface area (Å²) in [6, 6.07) is 20.7. The molecule has 2 aliphatic rings. The number of benzene rings is 3. The number of anilines is 3. The Hall–Kier alpha value is -4.99. The lowest BCUT2D eigenvalue weighted by atomic mass is 9.93. The number of ether oxygens (including phenoxy) is 1. The molecular weight excluding hydrogens is 452 g/mol. The van der Waals surface area contributed by atoms with E-state index in [0.29, 0.717) is 22.6 Å². The Morgan fingerprint density at radius 1 is 0.943 bits per heavy atom. The van der Waals surface area contributed by atoms with E-state index in [4.69, 9.17) is 4.74 Å². The number of carbonyl (C=O) groups is 3. The van der Waals surface area contributed by atoms with Crippen molar-refractivity contribution in [2.24, 2.45) is 0 Å². The van der Waals surface area contributed by atoms with Crippen LogP contribution >= 0.6 is 0 Å². The molecule has 1 atom stereocenters. The Morgan fingerprint density at radius 2 is 1.57 bits per heavy atom. The zero-order chi connectivity index (χ0) is 24.7. The maximum Gasteiger partial charge on any atom is 0.358 e. The van der Waals surface area contributed by atoms with E-state index < -0.39 is 28.2 Å². The average molecular weight is 470 g/mol. The molecule has 2 N–H and O–H groups in total. The molecule has 1 amide bonds. The third kappa shape index (κ3) is 3.22. The Balaban J connectivity index is 1.86. The second-order valence-electron chi connectivity index (χ2n) is 7.86. The van der Waals surface area contributed by atoms with E-state index in [9.17, 15) is 24.5 Å². The smallest absolute Gasteiger partial charge is 0.358 e. The molecule has 0 aromatic heterocycles. The summed E-state index contributed by atoms with van der Waals surface area (Å²) in [6.07, 6.45) is 0. The van der Waals surface area contributed by atoms with Gasteiger partial charge in [-0.25, -0.2) is 4.79 Å². The van der Waals surface area contributed by atoms with Crippen molar-refractivity contribution < 1.29 is 24.0 Å². The van der Waals surface area contributed by atoms with E-state index in [1.54, 1.807) is 54.6 Å². The third-order valence-electron chi connectivity index (χ3n) is 5.94. The van der Waals surface area contributed by atoms with Gasteiger partial charge in [-0.05, 0) is 42.0 Å². The van der Waals surface area contributed by atoms with Crippen LogP contribution in [0.25, 0.3) is 5.70 Å². The summed E-state index contributed by atoms with van der Waals surface area (Å²) in [6.45, 7) is 0. The van der Waals surface area contributed by atoms with Crippen LogP contribution in [-0.4, -0.2) is 35.4 Å². The molecule has 10 nitrogen and oxygen atoms in total. The number of hydrogen-bond donors (Lipinski definition) is 2. The lowest BCUT2D eigenvalue weighted by molar-refractivity contribution is -0.384. The van der Waals surface area contributed by atoms with Crippen LogP contribution in [0.2, 0.25) is 0 Å². The van der Waals surface area contributed by atoms with E-state index in [1.807, 2.05) is 0 Å². The minimum Gasteiger partial charge on any atom is -0.466 e. The van der Waals surface area contributed by atoms with Crippen LogP contribution in [0, 0.1) is 10.1 Å². The highest BCUT2D eigenvalue weighted by atomic mass is 16.6. The normalized spacial score (nSPS) is 18.7. The van der Waals surface area contributed by atoms with Gasteiger partial charge in [-0.1, -0.05) is 30.3 Å². The second kappa shape index (κ2) is 8.10. The SMILES string of the molecule is COC(=O)C12Nc3ccccc3NC(c3ccc([N+](=O)[O-])cc3)=C1C(=O)C(=O)N2c1ccccc1. The number of ketones is 1. The molecule has 35 heavy (non-hydrogen) atoms. The van der Waals surface area contributed by atoms with Crippen LogP contribution in [0.5, 0.6) is 0 Å². The molecule has 10 heteroatoms. The van der Waals surface area contributed by atoms with Gasteiger partial charge in [0, 0.05) is 17.8 Å². The molecule has 0 saturated carbocycles. The van der Waals surface area contributed by atoms with Crippen molar-refractivity contribution in [2.45, 2.75) is 5.66 Å². The number of nitrogens with zero attached hydrogens (tertiary/aromatic N) is 2. The zero-order valence-electron chi connectivity index (χ0n) is 18.3. The fraction of sp³-hybridized carbons (Fsp3) is 0.0800. The van der Waals surface area contributed by atoms with Gasteiger partial charge in [0.2, 0.25) is 0 Å². The van der Waals surface area contributed by atoms with Crippen LogP contribution in [0.4, 0.5) is 22.7 Å². The highest BCUT2D eigenvalue weighted by Crippen LogP contribution is 2.46. The molecule has 5 rings (SSSR count). The van der Waals surface area contributed by atoms with Crippen LogP contribution < -0.4 is 15.5 Å². The predicted molar refractivity (Wildman–Crippen MR) is 127 cm³/mol. The van der Waals surface area contributed by atoms with Crippen molar-refractivity contribution in [3.8, 4) is 0 Å². The van der Waals surface area contributed by atoms with Gasteiger partial charge in [-0.15, -0.1) is 0 Å². The predicted octanol–water partition coefficient (Wildman–Crippen LogP) is 3.33. The van der Waals surface area contributed by atoms with E-state index >= 15 is 0 Å². The number of hydrogen-bond acceptors (Lipinski definition) is 8. The van der Waals surface area contributed by atoms with E-state index in [0.717, 1.165) is 4.90 Å². The zero-order valence-corrected chi connectivity index (χ0v) is 18.3. The summed E-state index contributed by atoms with van der Waals surface area (Å²) in [5, 5.41) is 17.4. The van der Waals surface area contributed by atoms with Crippen molar-refractivity contribution in [1.29, 1.82) is 0 Å². The fourth-order valence-corrected chi connectivity index (χ4v) is 4.39. The number of fused-ring (bicyclic) bond motifs is 2. The van der Waals surface area contributed by atoms with Crippen LogP contribution in [0.1, 0.15) is 5.56 Å². The fourth-order valence-electron chi connectivity index (χ4n) is 4.39. The van der Waals surface area contributed by atoms with Crippen LogP contribution in [0.3, 0.4) is 0 Å². The molecule has 1 saturated heterocycles. The minimum absolute atomic E-state index is 0.148. The first kappa shape index (κ1) is 21.8. The highest BCUT2D eigenvalue weighted by Gasteiger charge is 2.64. The number of methoxy groups -OCH3 is 1. The van der Waals surface area contributed by atoms with E-state index in [-0.39, 0.29) is 17.0 Å². The molecular formula is C25H18N4O6. The maximum absolute atomic E-state index is 13.6. The van der Waals surface area contributed by atoms with Crippen molar-refractivity contribution in [3.63, 3.8) is 0 Å². The van der Waals surface area contributed by atoms with Crippen molar-refractivity contribution >= 4 is 46.1 Å². The first-order valence-corrected chi connectivity index (χ1v) is 10.5. The number of non-ortho nitro benzene ring substituents is 1. The summed E-state index contributed by atoms with van der Waals surface area (Å²) < 4.78 is 5.15. The third-order valence-corrected chi connectivity index (χ3v) is 5.94. The summed E-state index contributed by atoms with van der Waals surface area (Å²) >= 11 is 0. The number of esters is 1. The summed E-state index contributed by atoms with van der Waals surface area (Å²) in [7, 11) is 1.17. The number of rotatable bonds is 4. The first-order valence-electron chi connectivity index (χ1n) is 10.5. The topological polar surface area (TPSA) is 131 Å². The van der Waals surface area contributed by atoms with Crippen LogP contribution in [0.15, 0.2) is 84.4 Å². The van der Waals surface area contributed by atoms with Gasteiger partial charge in [0.05, 0.1) is 34.7 Å².